The summed E-state index contributed by atoms with van der Waals surface area (Å²) in [6.07, 6.45) is 1.41. The van der Waals surface area contributed by atoms with E-state index in [-0.39, 0.29) is 12.0 Å². The zero-order valence-corrected chi connectivity index (χ0v) is 13.5. The van der Waals surface area contributed by atoms with Crippen LogP contribution in [0.15, 0.2) is 17.0 Å². The SMILES string of the molecule is COCC1(CNS(=O)(=O)c2cc(F)c(F)c(F)c2)CCNCC1. The predicted molar refractivity (Wildman–Crippen MR) is 77.9 cm³/mol. The lowest BCUT2D eigenvalue weighted by Gasteiger charge is -2.37. The summed E-state index contributed by atoms with van der Waals surface area (Å²) >= 11 is 0. The van der Waals surface area contributed by atoms with E-state index in [1.807, 2.05) is 0 Å². The summed E-state index contributed by atoms with van der Waals surface area (Å²) in [4.78, 5) is -0.643. The van der Waals surface area contributed by atoms with Gasteiger partial charge >= 0.3 is 0 Å². The van der Waals surface area contributed by atoms with Gasteiger partial charge in [0.25, 0.3) is 0 Å². The van der Waals surface area contributed by atoms with Crippen LogP contribution in [0.1, 0.15) is 12.8 Å². The molecule has 0 aliphatic carbocycles. The molecule has 0 atom stereocenters. The van der Waals surface area contributed by atoms with E-state index in [0.29, 0.717) is 31.6 Å². The molecule has 2 N–H and O–H groups in total. The van der Waals surface area contributed by atoms with Crippen molar-refractivity contribution < 1.29 is 26.3 Å². The largest absolute Gasteiger partial charge is 0.384 e. The summed E-state index contributed by atoms with van der Waals surface area (Å²) < 4.78 is 71.4. The molecule has 9 heteroatoms. The Kier molecular flexibility index (Phi) is 5.66. The molecule has 23 heavy (non-hydrogen) atoms. The van der Waals surface area contributed by atoms with E-state index >= 15 is 0 Å². The van der Waals surface area contributed by atoms with Crippen LogP contribution in [0, 0.1) is 22.9 Å². The van der Waals surface area contributed by atoms with Crippen LogP contribution in [-0.4, -0.2) is 41.8 Å². The lowest BCUT2D eigenvalue weighted by molar-refractivity contribution is 0.0577. The van der Waals surface area contributed by atoms with E-state index < -0.39 is 32.4 Å². The summed E-state index contributed by atoms with van der Waals surface area (Å²) in [5.41, 5.74) is -0.385. The number of nitrogens with one attached hydrogen (secondary N) is 2. The molecule has 130 valence electrons. The number of halogens is 3. The first-order valence-electron chi connectivity index (χ1n) is 7.14. The predicted octanol–water partition coefficient (Wildman–Crippen LogP) is 1.40. The fourth-order valence-electron chi connectivity index (χ4n) is 2.65. The Labute approximate surface area is 133 Å². The van der Waals surface area contributed by atoms with Crippen molar-refractivity contribution >= 4 is 10.0 Å². The van der Waals surface area contributed by atoms with Crippen molar-refractivity contribution in [1.29, 1.82) is 0 Å². The second kappa shape index (κ2) is 7.16. The molecule has 0 radical (unpaired) electrons. The van der Waals surface area contributed by atoms with Gasteiger partial charge in [0.1, 0.15) is 0 Å². The topological polar surface area (TPSA) is 67.4 Å². The third-order valence-corrected chi connectivity index (χ3v) is 5.40. The number of piperidine rings is 1. The molecule has 0 bridgehead atoms. The minimum Gasteiger partial charge on any atom is -0.384 e. The minimum absolute atomic E-state index is 0.0749. The highest BCUT2D eigenvalue weighted by Crippen LogP contribution is 2.29. The molecular formula is C14H19F3N2O3S. The Morgan fingerprint density at radius 1 is 1.22 bits per heavy atom. The molecule has 2 rings (SSSR count). The lowest BCUT2D eigenvalue weighted by atomic mass is 9.80. The third kappa shape index (κ3) is 4.23. The molecule has 0 saturated carbocycles. The van der Waals surface area contributed by atoms with E-state index in [0.717, 1.165) is 13.1 Å². The van der Waals surface area contributed by atoms with Crippen LogP contribution in [0.5, 0.6) is 0 Å². The van der Waals surface area contributed by atoms with E-state index in [9.17, 15) is 21.6 Å². The van der Waals surface area contributed by atoms with Gasteiger partial charge < -0.3 is 10.1 Å². The van der Waals surface area contributed by atoms with Gasteiger partial charge in [-0.2, -0.15) is 0 Å². The smallest absolute Gasteiger partial charge is 0.240 e. The number of methoxy groups -OCH3 is 1. The first kappa shape index (κ1) is 18.2. The quantitative estimate of drug-likeness (QED) is 0.760. The summed E-state index contributed by atoms with van der Waals surface area (Å²) in [5, 5.41) is 3.17. The molecule has 1 aliphatic rings. The maximum absolute atomic E-state index is 13.2. The van der Waals surface area contributed by atoms with E-state index in [4.69, 9.17) is 4.74 Å². The standard InChI is InChI=1S/C14H19F3N2O3S/c1-22-9-14(2-4-18-5-3-14)8-19-23(20,21)10-6-11(15)13(17)12(16)7-10/h6-7,18-19H,2-5,8-9H2,1H3. The molecule has 1 saturated heterocycles. The molecule has 0 unspecified atom stereocenters. The summed E-state index contributed by atoms with van der Waals surface area (Å²) in [6.45, 7) is 1.89. The molecule has 1 fully saturated rings. The van der Waals surface area contributed by atoms with Crippen molar-refractivity contribution in [2.45, 2.75) is 17.7 Å². The van der Waals surface area contributed by atoms with Crippen molar-refractivity contribution in [2.75, 3.05) is 33.4 Å². The average molecular weight is 352 g/mol. The van der Waals surface area contributed by atoms with Crippen LogP contribution >= 0.6 is 0 Å². The molecule has 1 heterocycles. The van der Waals surface area contributed by atoms with Gasteiger partial charge in [0.05, 0.1) is 11.5 Å². The maximum atomic E-state index is 13.2. The van der Waals surface area contributed by atoms with Crippen molar-refractivity contribution in [3.63, 3.8) is 0 Å². The molecular weight excluding hydrogens is 333 g/mol. The summed E-state index contributed by atoms with van der Waals surface area (Å²) in [5.74, 6) is -4.78. The van der Waals surface area contributed by atoms with Gasteiger partial charge in [-0.3, -0.25) is 0 Å². The fraction of sp³-hybridized carbons (Fsp3) is 0.571. The first-order valence-corrected chi connectivity index (χ1v) is 8.62. The molecule has 1 aromatic carbocycles. The minimum atomic E-state index is -4.15. The number of hydrogen-bond donors (Lipinski definition) is 2. The number of sulfonamides is 1. The number of hydrogen-bond acceptors (Lipinski definition) is 4. The van der Waals surface area contributed by atoms with Gasteiger partial charge in [0, 0.05) is 19.1 Å². The van der Waals surface area contributed by atoms with Gasteiger partial charge in [-0.1, -0.05) is 0 Å². The molecule has 1 aliphatic heterocycles. The Morgan fingerprint density at radius 3 is 2.30 bits per heavy atom. The van der Waals surface area contributed by atoms with Crippen LogP contribution in [0.2, 0.25) is 0 Å². The van der Waals surface area contributed by atoms with Gasteiger partial charge in [-0.05, 0) is 38.1 Å². The second-order valence-electron chi connectivity index (χ2n) is 5.71. The third-order valence-electron chi connectivity index (χ3n) is 4.02. The van der Waals surface area contributed by atoms with Crippen LogP contribution in [0.3, 0.4) is 0 Å². The lowest BCUT2D eigenvalue weighted by Crippen LogP contribution is -2.47. The normalized spacial score (nSPS) is 18.1. The zero-order valence-electron chi connectivity index (χ0n) is 12.7. The van der Waals surface area contributed by atoms with E-state index in [1.54, 1.807) is 0 Å². The Hall–Kier alpha value is -1.16. The average Bonchev–Trinajstić information content (AvgIpc) is 2.51. The Bertz CT molecular complexity index is 633. The highest BCUT2D eigenvalue weighted by Gasteiger charge is 2.34. The highest BCUT2D eigenvalue weighted by atomic mass is 32.2. The monoisotopic (exact) mass is 352 g/mol. The fourth-order valence-corrected chi connectivity index (χ4v) is 3.83. The number of rotatable bonds is 6. The maximum Gasteiger partial charge on any atom is 0.240 e. The van der Waals surface area contributed by atoms with Crippen LogP contribution in [-0.2, 0) is 14.8 Å². The second-order valence-corrected chi connectivity index (χ2v) is 7.48. The van der Waals surface area contributed by atoms with Gasteiger partial charge in [0.15, 0.2) is 17.5 Å². The van der Waals surface area contributed by atoms with Crippen LogP contribution in [0.4, 0.5) is 13.2 Å². The van der Waals surface area contributed by atoms with Gasteiger partial charge in [-0.15, -0.1) is 0 Å². The van der Waals surface area contributed by atoms with Crippen molar-refractivity contribution in [3.05, 3.63) is 29.6 Å². The number of ether oxygens (including phenoxy) is 1. The highest BCUT2D eigenvalue weighted by molar-refractivity contribution is 7.89. The van der Waals surface area contributed by atoms with Crippen molar-refractivity contribution in [2.24, 2.45) is 5.41 Å². The Balaban J connectivity index is 2.17. The molecule has 5 nitrogen and oxygen atoms in total. The van der Waals surface area contributed by atoms with E-state index in [1.165, 1.54) is 7.11 Å². The summed E-state index contributed by atoms with van der Waals surface area (Å²) in [7, 11) is -2.62. The van der Waals surface area contributed by atoms with Gasteiger partial charge in [-0.25, -0.2) is 26.3 Å². The zero-order chi connectivity index (χ0) is 17.1. The van der Waals surface area contributed by atoms with Crippen molar-refractivity contribution in [3.8, 4) is 0 Å². The summed E-state index contributed by atoms with van der Waals surface area (Å²) in [6, 6.07) is 0.929. The molecule has 1 aromatic rings. The number of benzene rings is 1. The molecule has 0 amide bonds. The van der Waals surface area contributed by atoms with Gasteiger partial charge in [0.2, 0.25) is 10.0 Å². The molecule has 0 spiro atoms. The first-order chi connectivity index (χ1) is 10.8. The Morgan fingerprint density at radius 2 is 1.78 bits per heavy atom. The van der Waals surface area contributed by atoms with Crippen LogP contribution in [0.25, 0.3) is 0 Å². The molecule has 0 aromatic heterocycles. The van der Waals surface area contributed by atoms with Crippen molar-refractivity contribution in [1.82, 2.24) is 10.0 Å². The van der Waals surface area contributed by atoms with E-state index in [2.05, 4.69) is 10.0 Å². The van der Waals surface area contributed by atoms with Crippen LogP contribution < -0.4 is 10.0 Å².